The van der Waals surface area contributed by atoms with Gasteiger partial charge in [-0.25, -0.2) is 0 Å². The molecule has 0 bridgehead atoms. The maximum absolute atomic E-state index is 8.25. The number of nitrogens with zero attached hydrogens (tertiary/aromatic N) is 1. The van der Waals surface area contributed by atoms with Crippen LogP contribution in [0.15, 0.2) is 0 Å². The summed E-state index contributed by atoms with van der Waals surface area (Å²) in [5, 5.41) is 14.8. The Kier molecular flexibility index (Phi) is 12.5. The number of hydrogen-bond donors (Lipinski definition) is 0. The van der Waals surface area contributed by atoms with Crippen molar-refractivity contribution in [2.75, 3.05) is 13.2 Å². The van der Waals surface area contributed by atoms with Crippen LogP contribution < -0.4 is 0 Å². The van der Waals surface area contributed by atoms with Gasteiger partial charge >= 0.3 is 0 Å². The largest absolute Gasteiger partial charge is 0.382 e. The van der Waals surface area contributed by atoms with Crippen molar-refractivity contribution in [2.45, 2.75) is 13.8 Å². The molecule has 0 saturated heterocycles. The van der Waals surface area contributed by atoms with Crippen molar-refractivity contribution >= 4 is 0 Å². The van der Waals surface area contributed by atoms with Crippen molar-refractivity contribution in [3.8, 4) is 0 Å². The quantitative estimate of drug-likeness (QED) is 0.415. The van der Waals surface area contributed by atoms with Gasteiger partial charge in [-0.1, -0.05) is 0 Å². The van der Waals surface area contributed by atoms with Gasteiger partial charge in [0.25, 0.3) is 0 Å². The van der Waals surface area contributed by atoms with Crippen LogP contribution in [0.4, 0.5) is 0 Å². The maximum Gasteiger partial charge on any atom is 0.0689 e. The van der Waals surface area contributed by atoms with E-state index in [1.54, 1.807) is 0 Å². The average Bonchev–Trinajstić information content (AvgIpc) is 1.66. The second kappa shape index (κ2) is 10.2. The lowest BCUT2D eigenvalue weighted by atomic mass is 10.8. The minimum atomic E-state index is -1.75. The zero-order valence-electron chi connectivity index (χ0n) is 5.49. The smallest absolute Gasteiger partial charge is 0.0689 e. The van der Waals surface area contributed by atoms with Crippen LogP contribution in [0.25, 0.3) is 0 Å². The van der Waals surface area contributed by atoms with E-state index in [0.717, 1.165) is 13.2 Å². The monoisotopic (exact) mass is 136 g/mol. The van der Waals surface area contributed by atoms with Crippen LogP contribution in [0.3, 0.4) is 0 Å². The lowest BCUT2D eigenvalue weighted by Gasteiger charge is -1.86. The van der Waals surface area contributed by atoms with Crippen molar-refractivity contribution in [3.05, 3.63) is 15.3 Å². The summed E-state index contributed by atoms with van der Waals surface area (Å²) in [7, 11) is 0. The van der Waals surface area contributed by atoms with Gasteiger partial charge in [0.15, 0.2) is 0 Å². The first kappa shape index (κ1) is 11.0. The van der Waals surface area contributed by atoms with E-state index >= 15 is 0 Å². The minimum absolute atomic E-state index is 0.844. The highest BCUT2D eigenvalue weighted by atomic mass is 16.9. The standard InChI is InChI=1S/C4H10O.NO3/c1-3-5-4-2;2-1(3)4/h3-4H2,1-2H3;/q;-1. The first-order valence-corrected chi connectivity index (χ1v) is 2.54. The zero-order valence-corrected chi connectivity index (χ0v) is 5.49. The van der Waals surface area contributed by atoms with Gasteiger partial charge in [-0.15, -0.1) is 0 Å². The fourth-order valence-corrected chi connectivity index (χ4v) is 0.204. The van der Waals surface area contributed by atoms with Crippen molar-refractivity contribution in [1.29, 1.82) is 0 Å². The zero-order chi connectivity index (χ0) is 7.70. The molecule has 0 fully saturated rings. The Morgan fingerprint density at radius 1 is 1.33 bits per heavy atom. The third-order valence-corrected chi connectivity index (χ3v) is 0.408. The summed E-state index contributed by atoms with van der Waals surface area (Å²) in [6, 6.07) is 0. The molecule has 0 heterocycles. The van der Waals surface area contributed by atoms with Crippen LogP contribution in [0.1, 0.15) is 13.8 Å². The molecule has 0 rings (SSSR count). The van der Waals surface area contributed by atoms with Crippen LogP contribution in [0, 0.1) is 15.3 Å². The molecular weight excluding hydrogens is 126 g/mol. The van der Waals surface area contributed by atoms with Gasteiger partial charge in [0.05, 0.1) is 5.09 Å². The van der Waals surface area contributed by atoms with Crippen LogP contribution in [-0.2, 0) is 4.74 Å². The fourth-order valence-electron chi connectivity index (χ4n) is 0.204. The first-order valence-electron chi connectivity index (χ1n) is 2.54. The number of hydrogen-bond acceptors (Lipinski definition) is 4. The average molecular weight is 136 g/mol. The third kappa shape index (κ3) is 142. The van der Waals surface area contributed by atoms with Gasteiger partial charge in [0.1, 0.15) is 0 Å². The Bertz CT molecular complexity index is 59.6. The summed E-state index contributed by atoms with van der Waals surface area (Å²) < 4.78 is 4.83. The van der Waals surface area contributed by atoms with E-state index in [1.165, 1.54) is 0 Å². The highest BCUT2D eigenvalue weighted by Crippen LogP contribution is 1.64. The lowest BCUT2D eigenvalue weighted by molar-refractivity contribution is -0.402. The molecule has 0 unspecified atom stereocenters. The third-order valence-electron chi connectivity index (χ3n) is 0.408. The van der Waals surface area contributed by atoms with E-state index in [9.17, 15) is 0 Å². The van der Waals surface area contributed by atoms with Gasteiger partial charge in [-0.05, 0) is 13.8 Å². The highest BCUT2D eigenvalue weighted by Gasteiger charge is 1.64. The minimum Gasteiger partial charge on any atom is -0.382 e. The lowest BCUT2D eigenvalue weighted by Crippen LogP contribution is -1.84. The SMILES string of the molecule is CCOCC.O=[N+]([O-])[O-]. The molecule has 0 saturated carbocycles. The van der Waals surface area contributed by atoms with E-state index < -0.39 is 5.09 Å². The molecular formula is C4H10NO4-. The summed E-state index contributed by atoms with van der Waals surface area (Å²) in [5.41, 5.74) is 0. The first-order chi connectivity index (χ1) is 4.15. The van der Waals surface area contributed by atoms with Gasteiger partial charge in [-0.3, -0.25) is 0 Å². The Balaban J connectivity index is 0. The van der Waals surface area contributed by atoms with Crippen molar-refractivity contribution in [2.24, 2.45) is 0 Å². The van der Waals surface area contributed by atoms with E-state index in [1.807, 2.05) is 13.8 Å². The summed E-state index contributed by atoms with van der Waals surface area (Å²) >= 11 is 0. The number of rotatable bonds is 2. The Labute approximate surface area is 53.4 Å². The highest BCUT2D eigenvalue weighted by molar-refractivity contribution is 4.07. The molecule has 0 aliphatic heterocycles. The molecule has 0 aromatic rings. The molecule has 0 amide bonds. The summed E-state index contributed by atoms with van der Waals surface area (Å²) in [6.45, 7) is 5.67. The molecule has 0 radical (unpaired) electrons. The van der Waals surface area contributed by atoms with E-state index in [4.69, 9.17) is 20.1 Å². The molecule has 0 aliphatic rings. The molecule has 0 N–H and O–H groups in total. The van der Waals surface area contributed by atoms with E-state index in [0.29, 0.717) is 0 Å². The molecule has 5 heteroatoms. The van der Waals surface area contributed by atoms with Gasteiger partial charge in [-0.2, -0.15) is 0 Å². The number of ether oxygens (including phenoxy) is 1. The van der Waals surface area contributed by atoms with Gasteiger partial charge < -0.3 is 20.1 Å². The fraction of sp³-hybridized carbons (Fsp3) is 1.00. The van der Waals surface area contributed by atoms with Gasteiger partial charge in [0.2, 0.25) is 0 Å². The summed E-state index contributed by atoms with van der Waals surface area (Å²) in [4.78, 5) is 8.25. The molecule has 56 valence electrons. The molecule has 0 aliphatic carbocycles. The van der Waals surface area contributed by atoms with Crippen LogP contribution in [-0.4, -0.2) is 18.3 Å². The van der Waals surface area contributed by atoms with Crippen molar-refractivity contribution in [1.82, 2.24) is 0 Å². The topological polar surface area (TPSA) is 75.4 Å². The molecule has 5 nitrogen and oxygen atoms in total. The maximum atomic E-state index is 8.25. The summed E-state index contributed by atoms with van der Waals surface area (Å²) in [6.07, 6.45) is 0. The summed E-state index contributed by atoms with van der Waals surface area (Å²) in [5.74, 6) is 0. The molecule has 9 heavy (non-hydrogen) atoms. The van der Waals surface area contributed by atoms with E-state index in [2.05, 4.69) is 0 Å². The second-order valence-electron chi connectivity index (χ2n) is 1.01. The van der Waals surface area contributed by atoms with Crippen molar-refractivity contribution < 1.29 is 9.82 Å². The molecule has 0 aromatic heterocycles. The molecule has 0 spiro atoms. The Morgan fingerprint density at radius 3 is 1.56 bits per heavy atom. The predicted molar refractivity (Wildman–Crippen MR) is 32.5 cm³/mol. The Morgan fingerprint density at radius 2 is 1.56 bits per heavy atom. The molecule has 0 aromatic carbocycles. The second-order valence-corrected chi connectivity index (χ2v) is 1.01. The predicted octanol–water partition coefficient (Wildman–Crippen LogP) is 0.804. The van der Waals surface area contributed by atoms with E-state index in [-0.39, 0.29) is 0 Å². The van der Waals surface area contributed by atoms with Crippen LogP contribution >= 0.6 is 0 Å². The Hall–Kier alpha value is -0.840. The normalized spacial score (nSPS) is 7.33. The molecule has 0 atom stereocenters. The van der Waals surface area contributed by atoms with Crippen LogP contribution in [0.2, 0.25) is 0 Å². The van der Waals surface area contributed by atoms with Crippen LogP contribution in [0.5, 0.6) is 0 Å². The van der Waals surface area contributed by atoms with Gasteiger partial charge in [0, 0.05) is 13.2 Å². The van der Waals surface area contributed by atoms with Crippen molar-refractivity contribution in [3.63, 3.8) is 0 Å².